The third kappa shape index (κ3) is 2.69. The normalized spacial score (nSPS) is 13.2. The fraction of sp³-hybridized carbons (Fsp3) is 0.412. The average molecular weight is 228 g/mol. The van der Waals surface area contributed by atoms with Crippen molar-refractivity contribution in [1.29, 1.82) is 0 Å². The van der Waals surface area contributed by atoms with Crippen LogP contribution in [0.25, 0.3) is 12.2 Å². The zero-order chi connectivity index (χ0) is 13.1. The second kappa shape index (κ2) is 5.35. The molecule has 0 spiro atoms. The molecule has 1 unspecified atom stereocenters. The zero-order valence-electron chi connectivity index (χ0n) is 11.6. The SMILES string of the molecule is C=Cc1cccc(C(C)C(C)(C)CC)c1C=C. The summed E-state index contributed by atoms with van der Waals surface area (Å²) >= 11 is 0. The highest BCUT2D eigenvalue weighted by Crippen LogP contribution is 2.40. The molecular weight excluding hydrogens is 204 g/mol. The zero-order valence-corrected chi connectivity index (χ0v) is 11.6. The molecule has 0 saturated carbocycles. The van der Waals surface area contributed by atoms with Crippen molar-refractivity contribution in [3.8, 4) is 0 Å². The second-order valence-corrected chi connectivity index (χ2v) is 5.32. The van der Waals surface area contributed by atoms with Crippen LogP contribution in [0.2, 0.25) is 0 Å². The maximum atomic E-state index is 3.94. The fourth-order valence-corrected chi connectivity index (χ4v) is 2.12. The van der Waals surface area contributed by atoms with Gasteiger partial charge in [0.25, 0.3) is 0 Å². The van der Waals surface area contributed by atoms with Gasteiger partial charge in [0, 0.05) is 0 Å². The lowest BCUT2D eigenvalue weighted by Gasteiger charge is -2.32. The van der Waals surface area contributed by atoms with Crippen molar-refractivity contribution < 1.29 is 0 Å². The van der Waals surface area contributed by atoms with Crippen molar-refractivity contribution in [2.45, 2.75) is 40.0 Å². The third-order valence-electron chi connectivity index (χ3n) is 4.15. The maximum Gasteiger partial charge on any atom is -0.0133 e. The summed E-state index contributed by atoms with van der Waals surface area (Å²) in [5.74, 6) is 0.514. The number of hydrogen-bond donors (Lipinski definition) is 0. The Morgan fingerprint density at radius 2 is 1.88 bits per heavy atom. The lowest BCUT2D eigenvalue weighted by molar-refractivity contribution is 0.289. The maximum absolute atomic E-state index is 3.94. The third-order valence-corrected chi connectivity index (χ3v) is 4.15. The molecule has 0 radical (unpaired) electrons. The van der Waals surface area contributed by atoms with E-state index in [4.69, 9.17) is 0 Å². The first-order valence-electron chi connectivity index (χ1n) is 6.35. The Morgan fingerprint density at radius 1 is 1.24 bits per heavy atom. The minimum absolute atomic E-state index is 0.303. The fourth-order valence-electron chi connectivity index (χ4n) is 2.12. The van der Waals surface area contributed by atoms with Gasteiger partial charge < -0.3 is 0 Å². The topological polar surface area (TPSA) is 0 Å². The van der Waals surface area contributed by atoms with Crippen LogP contribution in [0.15, 0.2) is 31.4 Å². The minimum Gasteiger partial charge on any atom is -0.0984 e. The van der Waals surface area contributed by atoms with E-state index in [0.29, 0.717) is 11.3 Å². The van der Waals surface area contributed by atoms with E-state index >= 15 is 0 Å². The predicted molar refractivity (Wildman–Crippen MR) is 79.1 cm³/mol. The van der Waals surface area contributed by atoms with E-state index in [2.05, 4.69) is 59.1 Å². The van der Waals surface area contributed by atoms with Gasteiger partial charge in [0.1, 0.15) is 0 Å². The van der Waals surface area contributed by atoms with Crippen LogP contribution in [0.5, 0.6) is 0 Å². The molecule has 0 aliphatic rings. The van der Waals surface area contributed by atoms with E-state index in [0.717, 1.165) is 0 Å². The van der Waals surface area contributed by atoms with E-state index in [9.17, 15) is 0 Å². The molecule has 1 aromatic carbocycles. The second-order valence-electron chi connectivity index (χ2n) is 5.32. The average Bonchev–Trinajstić information content (AvgIpc) is 2.36. The van der Waals surface area contributed by atoms with Crippen molar-refractivity contribution in [2.75, 3.05) is 0 Å². The molecule has 0 heterocycles. The summed E-state index contributed by atoms with van der Waals surface area (Å²) in [6, 6.07) is 6.42. The number of hydrogen-bond acceptors (Lipinski definition) is 0. The van der Waals surface area contributed by atoms with Crippen LogP contribution in [-0.2, 0) is 0 Å². The molecule has 0 N–H and O–H groups in total. The van der Waals surface area contributed by atoms with Crippen LogP contribution < -0.4 is 0 Å². The monoisotopic (exact) mass is 228 g/mol. The van der Waals surface area contributed by atoms with Gasteiger partial charge in [-0.15, -0.1) is 0 Å². The summed E-state index contributed by atoms with van der Waals surface area (Å²) < 4.78 is 0. The van der Waals surface area contributed by atoms with Gasteiger partial charge in [-0.05, 0) is 28.0 Å². The van der Waals surface area contributed by atoms with E-state index in [1.54, 1.807) is 0 Å². The van der Waals surface area contributed by atoms with Gasteiger partial charge in [-0.3, -0.25) is 0 Å². The highest BCUT2D eigenvalue weighted by Gasteiger charge is 2.26. The smallest absolute Gasteiger partial charge is 0.0133 e. The molecule has 0 aliphatic heterocycles. The molecule has 92 valence electrons. The predicted octanol–water partition coefficient (Wildman–Crippen LogP) is 5.51. The molecule has 17 heavy (non-hydrogen) atoms. The summed E-state index contributed by atoms with van der Waals surface area (Å²) in [6.07, 6.45) is 5.03. The standard InChI is InChI=1S/C17H24/c1-7-14-11-10-12-16(15(14)8-2)13(4)17(5,6)9-3/h7-8,10-13H,1-2,9H2,3-6H3. The van der Waals surface area contributed by atoms with E-state index in [-0.39, 0.29) is 0 Å². The molecule has 0 aromatic heterocycles. The van der Waals surface area contributed by atoms with E-state index in [1.165, 1.54) is 23.1 Å². The lowest BCUT2D eigenvalue weighted by atomic mass is 9.72. The summed E-state index contributed by atoms with van der Waals surface area (Å²) in [4.78, 5) is 0. The van der Waals surface area contributed by atoms with E-state index < -0.39 is 0 Å². The minimum atomic E-state index is 0.303. The summed E-state index contributed by atoms with van der Waals surface area (Å²) in [5.41, 5.74) is 4.09. The lowest BCUT2D eigenvalue weighted by Crippen LogP contribution is -2.19. The van der Waals surface area contributed by atoms with Crippen molar-refractivity contribution in [3.63, 3.8) is 0 Å². The van der Waals surface area contributed by atoms with Gasteiger partial charge in [-0.2, -0.15) is 0 Å². The summed E-state index contributed by atoms with van der Waals surface area (Å²) in [6.45, 7) is 17.0. The molecule has 0 aliphatic carbocycles. The van der Waals surface area contributed by atoms with Crippen molar-refractivity contribution in [2.24, 2.45) is 5.41 Å². The molecule has 0 saturated heterocycles. The largest absolute Gasteiger partial charge is 0.0984 e. The van der Waals surface area contributed by atoms with Crippen LogP contribution in [0.1, 0.15) is 56.7 Å². The Labute approximate surface area is 106 Å². The molecule has 0 heteroatoms. The molecule has 0 fully saturated rings. The molecule has 1 atom stereocenters. The Balaban J connectivity index is 3.31. The molecule has 1 rings (SSSR count). The van der Waals surface area contributed by atoms with Crippen molar-refractivity contribution >= 4 is 12.2 Å². The summed E-state index contributed by atoms with van der Waals surface area (Å²) in [7, 11) is 0. The van der Waals surface area contributed by atoms with Crippen molar-refractivity contribution in [1.82, 2.24) is 0 Å². The summed E-state index contributed by atoms with van der Waals surface area (Å²) in [5, 5.41) is 0. The van der Waals surface area contributed by atoms with Gasteiger partial charge in [-0.25, -0.2) is 0 Å². The van der Waals surface area contributed by atoms with Crippen LogP contribution in [0, 0.1) is 5.41 Å². The van der Waals surface area contributed by atoms with Gasteiger partial charge in [0.05, 0.1) is 0 Å². The number of rotatable bonds is 5. The highest BCUT2D eigenvalue weighted by atomic mass is 14.3. The van der Waals surface area contributed by atoms with Gasteiger partial charge in [0.15, 0.2) is 0 Å². The quantitative estimate of drug-likeness (QED) is 0.623. The van der Waals surface area contributed by atoms with Crippen LogP contribution in [-0.4, -0.2) is 0 Å². The Hall–Kier alpha value is -1.30. The van der Waals surface area contributed by atoms with Gasteiger partial charge in [0.2, 0.25) is 0 Å². The van der Waals surface area contributed by atoms with Gasteiger partial charge in [-0.1, -0.05) is 77.6 Å². The molecule has 0 amide bonds. The molecule has 0 nitrogen and oxygen atoms in total. The van der Waals surface area contributed by atoms with Crippen LogP contribution >= 0.6 is 0 Å². The molecule has 0 bridgehead atoms. The first kappa shape index (κ1) is 13.8. The first-order valence-corrected chi connectivity index (χ1v) is 6.35. The Bertz CT molecular complexity index is 410. The Kier molecular flexibility index (Phi) is 4.34. The van der Waals surface area contributed by atoms with Crippen molar-refractivity contribution in [3.05, 3.63) is 48.0 Å². The van der Waals surface area contributed by atoms with Crippen LogP contribution in [0.3, 0.4) is 0 Å². The van der Waals surface area contributed by atoms with Crippen LogP contribution in [0.4, 0.5) is 0 Å². The first-order chi connectivity index (χ1) is 7.97. The molecular formula is C17H24. The molecule has 1 aromatic rings. The Morgan fingerprint density at radius 3 is 2.35 bits per heavy atom. The number of benzene rings is 1. The highest BCUT2D eigenvalue weighted by molar-refractivity contribution is 5.67. The van der Waals surface area contributed by atoms with E-state index in [1.807, 2.05) is 12.2 Å². The van der Waals surface area contributed by atoms with Gasteiger partial charge >= 0.3 is 0 Å².